The predicted octanol–water partition coefficient (Wildman–Crippen LogP) is 4.20. The lowest BCUT2D eigenvalue weighted by Crippen LogP contribution is -2.50. The highest BCUT2D eigenvalue weighted by Gasteiger charge is 2.32. The molecule has 4 atom stereocenters. The summed E-state index contributed by atoms with van der Waals surface area (Å²) in [6.45, 7) is 5.25. The number of hydrogen-bond donors (Lipinski definition) is 3. The molecule has 10 nitrogen and oxygen atoms in total. The molecule has 4 rings (SSSR count). The topological polar surface area (TPSA) is 136 Å². The number of aromatic nitrogens is 1. The molecule has 4 N–H and O–H groups in total. The van der Waals surface area contributed by atoms with Crippen molar-refractivity contribution in [2.24, 2.45) is 11.7 Å². The lowest BCUT2D eigenvalue weighted by atomic mass is 9.92. The SMILES string of the molecule is CCOC[C@H]1CCCN1C(=O)c1cc(OC)cc(C(=O)N[C@@H](Cc2ccccc2)[C@@H](N)C[C@@H](C)C(=O)Nc2ccc(F)cc2)n1. The number of amides is 3. The lowest BCUT2D eigenvalue weighted by Gasteiger charge is -2.27. The van der Waals surface area contributed by atoms with Gasteiger partial charge in [0.25, 0.3) is 11.8 Å². The first kappa shape index (κ1) is 33.5. The minimum atomic E-state index is -0.612. The van der Waals surface area contributed by atoms with E-state index in [1.807, 2.05) is 37.3 Å². The summed E-state index contributed by atoms with van der Waals surface area (Å²) in [6, 6.07) is 16.9. The maximum absolute atomic E-state index is 13.7. The van der Waals surface area contributed by atoms with E-state index in [9.17, 15) is 18.8 Å². The summed E-state index contributed by atoms with van der Waals surface area (Å²) in [5, 5.41) is 5.79. The second kappa shape index (κ2) is 16.1. The number of rotatable bonds is 14. The molecule has 0 bridgehead atoms. The number of nitrogens with zero attached hydrogens (tertiary/aromatic N) is 2. The number of halogens is 1. The fourth-order valence-electron chi connectivity index (χ4n) is 5.42. The quantitative estimate of drug-likeness (QED) is 0.246. The number of methoxy groups -OCH3 is 1. The third kappa shape index (κ3) is 9.32. The molecule has 2 aromatic carbocycles. The second-order valence-electron chi connectivity index (χ2n) is 11.3. The van der Waals surface area contributed by atoms with Crippen LogP contribution in [0.25, 0.3) is 0 Å². The van der Waals surface area contributed by atoms with E-state index in [-0.39, 0.29) is 35.7 Å². The molecule has 45 heavy (non-hydrogen) atoms. The van der Waals surface area contributed by atoms with Gasteiger partial charge in [-0.2, -0.15) is 0 Å². The van der Waals surface area contributed by atoms with E-state index in [1.165, 1.54) is 43.5 Å². The molecule has 0 spiro atoms. The van der Waals surface area contributed by atoms with Gasteiger partial charge in [0, 0.05) is 49.0 Å². The Bertz CT molecular complexity index is 1440. The standard InChI is InChI=1S/C34H42FN5O5/c1-4-45-21-26-11-8-16-40(26)34(43)31-20-27(44-3)19-30(38-31)33(42)39-29(18-23-9-6-5-7-10-23)28(36)17-22(2)32(41)37-25-14-12-24(35)13-15-25/h5-7,9-10,12-15,19-20,22,26,28-29H,4,8,11,16-18,21,36H2,1-3H3,(H,37,41)(H,39,42)/t22-,26-,28+,29+/m1/s1. The average Bonchev–Trinajstić information content (AvgIpc) is 3.52. The largest absolute Gasteiger partial charge is 0.497 e. The van der Waals surface area contributed by atoms with Crippen LogP contribution in [0, 0.1) is 11.7 Å². The monoisotopic (exact) mass is 619 g/mol. The van der Waals surface area contributed by atoms with Crippen LogP contribution in [0.5, 0.6) is 5.75 Å². The normalized spacial score (nSPS) is 16.5. The highest BCUT2D eigenvalue weighted by Crippen LogP contribution is 2.23. The molecule has 0 aliphatic carbocycles. The molecule has 11 heteroatoms. The van der Waals surface area contributed by atoms with E-state index >= 15 is 0 Å². The Kier molecular flexibility index (Phi) is 12.0. The maximum atomic E-state index is 13.7. The fourth-order valence-corrected chi connectivity index (χ4v) is 5.42. The first-order valence-electron chi connectivity index (χ1n) is 15.3. The molecule has 1 aliphatic rings. The van der Waals surface area contributed by atoms with Crippen molar-refractivity contribution < 1.29 is 28.2 Å². The van der Waals surface area contributed by atoms with Crippen molar-refractivity contribution >= 4 is 23.4 Å². The first-order chi connectivity index (χ1) is 21.7. The van der Waals surface area contributed by atoms with Crippen LogP contribution in [0.1, 0.15) is 59.7 Å². The van der Waals surface area contributed by atoms with Crippen LogP contribution in [0.4, 0.5) is 10.1 Å². The van der Waals surface area contributed by atoms with Crippen molar-refractivity contribution in [3.8, 4) is 5.75 Å². The number of carbonyl (C=O) groups is 3. The van der Waals surface area contributed by atoms with Gasteiger partial charge in [0.15, 0.2) is 0 Å². The van der Waals surface area contributed by atoms with Crippen LogP contribution in [-0.4, -0.2) is 72.6 Å². The summed E-state index contributed by atoms with van der Waals surface area (Å²) in [6.07, 6.45) is 2.36. The van der Waals surface area contributed by atoms with Gasteiger partial charge in [-0.3, -0.25) is 14.4 Å². The van der Waals surface area contributed by atoms with Gasteiger partial charge in [-0.25, -0.2) is 9.37 Å². The van der Waals surface area contributed by atoms with Crippen molar-refractivity contribution in [3.05, 3.63) is 89.5 Å². The molecule has 3 amide bonds. The molecule has 0 saturated carbocycles. The molecule has 1 fully saturated rings. The zero-order valence-corrected chi connectivity index (χ0v) is 26.0. The third-order valence-corrected chi connectivity index (χ3v) is 7.96. The number of pyridine rings is 1. The number of likely N-dealkylation sites (tertiary alicyclic amines) is 1. The average molecular weight is 620 g/mol. The van der Waals surface area contributed by atoms with E-state index in [1.54, 1.807) is 11.8 Å². The summed E-state index contributed by atoms with van der Waals surface area (Å²) >= 11 is 0. The van der Waals surface area contributed by atoms with Gasteiger partial charge in [0.1, 0.15) is 23.0 Å². The molecule has 3 aromatic rings. The van der Waals surface area contributed by atoms with Gasteiger partial charge in [0.05, 0.1) is 19.8 Å². The molecule has 1 aromatic heterocycles. The van der Waals surface area contributed by atoms with Gasteiger partial charge in [-0.1, -0.05) is 37.3 Å². The molecule has 1 aliphatic heterocycles. The summed E-state index contributed by atoms with van der Waals surface area (Å²) in [5.41, 5.74) is 8.21. The van der Waals surface area contributed by atoms with Crippen LogP contribution in [0.15, 0.2) is 66.7 Å². The van der Waals surface area contributed by atoms with E-state index in [0.717, 1.165) is 18.4 Å². The fraction of sp³-hybridized carbons (Fsp3) is 0.412. The molecule has 2 heterocycles. The van der Waals surface area contributed by atoms with Crippen molar-refractivity contribution in [1.29, 1.82) is 0 Å². The number of carbonyl (C=O) groups excluding carboxylic acids is 3. The zero-order chi connectivity index (χ0) is 32.3. The van der Waals surface area contributed by atoms with Crippen molar-refractivity contribution in [3.63, 3.8) is 0 Å². The van der Waals surface area contributed by atoms with Crippen molar-refractivity contribution in [2.75, 3.05) is 32.2 Å². The Hall–Kier alpha value is -4.35. The van der Waals surface area contributed by atoms with Crippen molar-refractivity contribution in [1.82, 2.24) is 15.2 Å². The minimum absolute atomic E-state index is 0.0191. The van der Waals surface area contributed by atoms with Crippen LogP contribution in [0.2, 0.25) is 0 Å². The Morgan fingerprint density at radius 2 is 1.80 bits per heavy atom. The summed E-state index contributed by atoms with van der Waals surface area (Å²) < 4.78 is 24.3. The predicted molar refractivity (Wildman–Crippen MR) is 170 cm³/mol. The summed E-state index contributed by atoms with van der Waals surface area (Å²) in [5.74, 6) is -1.66. The van der Waals surface area contributed by atoms with Gasteiger partial charge >= 0.3 is 0 Å². The van der Waals surface area contributed by atoms with Crippen LogP contribution in [-0.2, 0) is 16.0 Å². The second-order valence-corrected chi connectivity index (χ2v) is 11.3. The van der Waals surface area contributed by atoms with Crippen molar-refractivity contribution in [2.45, 2.75) is 57.7 Å². The molecule has 0 radical (unpaired) electrons. The van der Waals surface area contributed by atoms with E-state index < -0.39 is 29.7 Å². The molecule has 240 valence electrons. The smallest absolute Gasteiger partial charge is 0.272 e. The van der Waals surface area contributed by atoms with Gasteiger partial charge in [-0.15, -0.1) is 0 Å². The lowest BCUT2D eigenvalue weighted by molar-refractivity contribution is -0.119. The molecule has 1 saturated heterocycles. The van der Waals surface area contributed by atoms with E-state index in [0.29, 0.717) is 37.6 Å². The van der Waals surface area contributed by atoms with Gasteiger partial charge in [-0.05, 0) is 62.4 Å². The number of benzene rings is 2. The Morgan fingerprint density at radius 1 is 1.09 bits per heavy atom. The van der Waals surface area contributed by atoms with Crippen LogP contribution >= 0.6 is 0 Å². The van der Waals surface area contributed by atoms with Crippen LogP contribution < -0.4 is 21.1 Å². The Morgan fingerprint density at radius 3 is 2.49 bits per heavy atom. The highest BCUT2D eigenvalue weighted by atomic mass is 19.1. The molecular weight excluding hydrogens is 577 g/mol. The summed E-state index contributed by atoms with van der Waals surface area (Å²) in [7, 11) is 1.46. The maximum Gasteiger partial charge on any atom is 0.272 e. The number of nitrogens with one attached hydrogen (secondary N) is 2. The zero-order valence-electron chi connectivity index (χ0n) is 26.0. The van der Waals surface area contributed by atoms with Gasteiger partial charge in [0.2, 0.25) is 5.91 Å². The number of anilines is 1. The number of hydrogen-bond acceptors (Lipinski definition) is 7. The minimum Gasteiger partial charge on any atom is -0.497 e. The Labute approximate surface area is 263 Å². The number of ether oxygens (including phenoxy) is 2. The Balaban J connectivity index is 1.51. The van der Waals surface area contributed by atoms with E-state index in [4.69, 9.17) is 15.2 Å². The van der Waals surface area contributed by atoms with E-state index in [2.05, 4.69) is 15.6 Å². The number of nitrogens with two attached hydrogens (primary N) is 1. The third-order valence-electron chi connectivity index (χ3n) is 7.96. The van der Waals surface area contributed by atoms with Gasteiger partial charge < -0.3 is 30.7 Å². The molecular formula is C34H42FN5O5. The summed E-state index contributed by atoms with van der Waals surface area (Å²) in [4.78, 5) is 46.3. The van der Waals surface area contributed by atoms with Crippen LogP contribution in [0.3, 0.4) is 0 Å². The molecule has 0 unspecified atom stereocenters. The highest BCUT2D eigenvalue weighted by molar-refractivity contribution is 5.97. The first-order valence-corrected chi connectivity index (χ1v) is 15.3.